The summed E-state index contributed by atoms with van der Waals surface area (Å²) in [6.45, 7) is 14.1. The summed E-state index contributed by atoms with van der Waals surface area (Å²) in [6, 6.07) is 91.9. The van der Waals surface area contributed by atoms with Gasteiger partial charge in [0, 0.05) is 23.5 Å². The molecule has 11 aromatic rings. The first-order valence-corrected chi connectivity index (χ1v) is 29.2. The lowest BCUT2D eigenvalue weighted by atomic mass is 9.34. The van der Waals surface area contributed by atoms with E-state index in [4.69, 9.17) is 4.74 Å². The van der Waals surface area contributed by atoms with Gasteiger partial charge in [0.25, 0.3) is 6.71 Å². The lowest BCUT2D eigenvalue weighted by Gasteiger charge is -2.45. The van der Waals surface area contributed by atoms with Gasteiger partial charge in [0.2, 0.25) is 0 Å². The van der Waals surface area contributed by atoms with Gasteiger partial charge in [-0.2, -0.15) is 0 Å². The van der Waals surface area contributed by atoms with Gasteiger partial charge >= 0.3 is 0 Å². The summed E-state index contributed by atoms with van der Waals surface area (Å²) >= 11 is 0. The Labute approximate surface area is 476 Å². The van der Waals surface area contributed by atoms with E-state index in [1.54, 1.807) is 0 Å². The van der Waals surface area contributed by atoms with Crippen molar-refractivity contribution in [1.29, 1.82) is 0 Å². The summed E-state index contributed by atoms with van der Waals surface area (Å²) in [4.78, 5) is 4.99. The fourth-order valence-electron chi connectivity index (χ4n) is 15.6. The number of hydrogen-bond acceptors (Lipinski definition) is 3. The maximum atomic E-state index is 7.63. The smallest absolute Gasteiger partial charge is 0.251 e. The molecule has 0 saturated carbocycles. The molecule has 3 nitrogen and oxygen atoms in total. The monoisotopic (exact) mass is 1040 g/mol. The molecule has 3 heterocycles. The predicted octanol–water partition coefficient (Wildman–Crippen LogP) is 18.0. The fraction of sp³-hybridized carbons (Fsp3) is 0.143. The Morgan fingerprint density at radius 3 is 0.926 bits per heavy atom. The highest BCUT2D eigenvalue weighted by atomic mass is 16.5. The van der Waals surface area contributed by atoms with Gasteiger partial charge in [-0.15, -0.1) is 0 Å². The lowest BCUT2D eigenvalue weighted by molar-refractivity contribution is 0.487. The normalized spacial score (nSPS) is 14.9. The molecule has 11 aromatic carbocycles. The molecular weight excluding hydrogens is 980 g/mol. The van der Waals surface area contributed by atoms with E-state index >= 15 is 0 Å². The number of para-hydroxylation sites is 4. The van der Waals surface area contributed by atoms with Crippen molar-refractivity contribution >= 4 is 57.2 Å². The maximum absolute atomic E-state index is 7.63. The van der Waals surface area contributed by atoms with Crippen LogP contribution in [0.25, 0.3) is 22.3 Å². The van der Waals surface area contributed by atoms with Gasteiger partial charge in [-0.25, -0.2) is 0 Å². The zero-order valence-corrected chi connectivity index (χ0v) is 46.7. The first-order chi connectivity index (χ1) is 39.7. The van der Waals surface area contributed by atoms with E-state index in [1.165, 1.54) is 123 Å². The minimum absolute atomic E-state index is 0.0887. The van der Waals surface area contributed by atoms with Crippen LogP contribution in [0.3, 0.4) is 0 Å². The van der Waals surface area contributed by atoms with Crippen LogP contribution in [0.2, 0.25) is 0 Å². The molecule has 2 spiro atoms. The van der Waals surface area contributed by atoms with Crippen LogP contribution in [0.4, 0.5) is 34.1 Å². The zero-order valence-electron chi connectivity index (χ0n) is 46.7. The molecule has 0 saturated heterocycles. The van der Waals surface area contributed by atoms with Gasteiger partial charge in [0.15, 0.2) is 0 Å². The predicted molar refractivity (Wildman–Crippen MR) is 337 cm³/mol. The molecule has 0 N–H and O–H groups in total. The van der Waals surface area contributed by atoms with Gasteiger partial charge in [0.1, 0.15) is 11.5 Å². The molecule has 5 aliphatic rings. The fourth-order valence-corrected chi connectivity index (χ4v) is 15.6. The third-order valence-corrected chi connectivity index (χ3v) is 18.9. The van der Waals surface area contributed by atoms with Gasteiger partial charge in [-0.3, -0.25) is 0 Å². The van der Waals surface area contributed by atoms with E-state index < -0.39 is 10.8 Å². The Balaban J connectivity index is 0.911. The van der Waals surface area contributed by atoms with Crippen molar-refractivity contribution in [1.82, 2.24) is 0 Å². The second-order valence-corrected chi connectivity index (χ2v) is 24.0. The van der Waals surface area contributed by atoms with Gasteiger partial charge < -0.3 is 14.5 Å². The second kappa shape index (κ2) is 17.7. The SMILES string of the molecule is CC(C)c1cc(C(C)C)c(B2c3ccc(N4c5ccccc5C5(c6ccccc6-c6ccccc65)c5ccccc54)cc3Oc3cc(N4c5ccccc5C5(c6ccccc6-c6ccccc65)c5ccccc54)ccc32)c(C(C)C)c1. The summed E-state index contributed by atoms with van der Waals surface area (Å²) in [5.74, 6) is 2.74. The number of ether oxygens (including phenoxy) is 1. The van der Waals surface area contributed by atoms with Crippen LogP contribution in [0.5, 0.6) is 11.5 Å². The molecule has 0 atom stereocenters. The van der Waals surface area contributed by atoms with E-state index in [0.717, 1.165) is 22.9 Å². The van der Waals surface area contributed by atoms with Crippen LogP contribution in [0, 0.1) is 0 Å². The third kappa shape index (κ3) is 6.42. The molecule has 0 fully saturated rings. The molecule has 81 heavy (non-hydrogen) atoms. The number of anilines is 6. The molecular formula is C77H61BN2O. The summed E-state index contributed by atoms with van der Waals surface area (Å²) in [7, 11) is 0. The topological polar surface area (TPSA) is 15.7 Å². The van der Waals surface area contributed by atoms with Crippen LogP contribution in [0.1, 0.15) is 120 Å². The van der Waals surface area contributed by atoms with Gasteiger partial charge in [-0.1, -0.05) is 241 Å². The second-order valence-electron chi connectivity index (χ2n) is 24.0. The quantitative estimate of drug-likeness (QED) is 0.154. The molecule has 16 rings (SSSR count). The Kier molecular flexibility index (Phi) is 10.5. The van der Waals surface area contributed by atoms with E-state index in [2.05, 4.69) is 294 Å². The van der Waals surface area contributed by atoms with Crippen molar-refractivity contribution in [2.75, 3.05) is 9.80 Å². The number of benzene rings is 11. The van der Waals surface area contributed by atoms with Crippen LogP contribution < -0.4 is 30.9 Å². The lowest BCUT2D eigenvalue weighted by Crippen LogP contribution is -2.57. The zero-order chi connectivity index (χ0) is 54.5. The Morgan fingerprint density at radius 2 is 0.617 bits per heavy atom. The van der Waals surface area contributed by atoms with Gasteiger partial charge in [0.05, 0.1) is 33.6 Å². The molecule has 388 valence electrons. The average Bonchev–Trinajstić information content (AvgIpc) is 3.89. The van der Waals surface area contributed by atoms with Crippen LogP contribution in [-0.4, -0.2) is 6.71 Å². The summed E-state index contributed by atoms with van der Waals surface area (Å²) < 4.78 is 7.63. The van der Waals surface area contributed by atoms with Crippen molar-refractivity contribution in [3.8, 4) is 33.8 Å². The van der Waals surface area contributed by atoms with Gasteiger partial charge in [-0.05, 0) is 149 Å². The summed E-state index contributed by atoms with van der Waals surface area (Å²) in [5.41, 5.74) is 29.3. The van der Waals surface area contributed by atoms with Crippen LogP contribution in [0.15, 0.2) is 243 Å². The van der Waals surface area contributed by atoms with Crippen LogP contribution >= 0.6 is 0 Å². The van der Waals surface area contributed by atoms with E-state index in [-0.39, 0.29) is 6.71 Å². The highest BCUT2D eigenvalue weighted by molar-refractivity contribution is 6.97. The van der Waals surface area contributed by atoms with Crippen molar-refractivity contribution < 1.29 is 4.74 Å². The highest BCUT2D eigenvalue weighted by Gasteiger charge is 2.53. The van der Waals surface area contributed by atoms with Crippen molar-refractivity contribution in [3.63, 3.8) is 0 Å². The molecule has 3 aliphatic heterocycles. The number of nitrogens with zero attached hydrogens (tertiary/aromatic N) is 2. The van der Waals surface area contributed by atoms with Crippen molar-refractivity contribution in [2.45, 2.75) is 70.1 Å². The van der Waals surface area contributed by atoms with E-state index in [1.807, 2.05) is 0 Å². The number of rotatable bonds is 6. The highest BCUT2D eigenvalue weighted by Crippen LogP contribution is 2.65. The van der Waals surface area contributed by atoms with Crippen LogP contribution in [-0.2, 0) is 10.8 Å². The molecule has 0 unspecified atom stereocenters. The first-order valence-electron chi connectivity index (χ1n) is 29.2. The molecule has 0 radical (unpaired) electrons. The standard InChI is InChI=1S/C77H61BN2O/c1-47(2)50-43-57(48(3)4)75(58(44-50)49(5)6)78-67-41-39-51(79-69-35-19-15-31-63(69)76(64-32-16-20-36-70(64)79)59-27-11-7-23-53(59)54-24-8-12-28-60(54)76)45-73(67)81-74-46-52(40-42-68(74)78)80-71-37-21-17-33-65(71)77(66-34-18-22-38-72(66)80)61-29-13-9-25-55(61)56-26-10-14-30-62(56)77/h7-49H,1-6H3. The molecule has 0 aromatic heterocycles. The van der Waals surface area contributed by atoms with Crippen molar-refractivity contribution in [2.24, 2.45) is 0 Å². The van der Waals surface area contributed by atoms with Crippen molar-refractivity contribution in [3.05, 3.63) is 304 Å². The van der Waals surface area contributed by atoms with E-state index in [0.29, 0.717) is 17.8 Å². The summed E-state index contributed by atoms with van der Waals surface area (Å²) in [5, 5.41) is 0. The Morgan fingerprint density at radius 1 is 0.321 bits per heavy atom. The molecule has 2 aliphatic carbocycles. The Hall–Kier alpha value is -9.12. The summed E-state index contributed by atoms with van der Waals surface area (Å²) in [6.07, 6.45) is 0. The average molecular weight is 1040 g/mol. The molecule has 0 bridgehead atoms. The third-order valence-electron chi connectivity index (χ3n) is 18.9. The maximum Gasteiger partial charge on any atom is 0.251 e. The Bertz CT molecular complexity index is 3970. The number of hydrogen-bond donors (Lipinski definition) is 0. The molecule has 4 heteroatoms. The minimum atomic E-state index is -0.499. The largest absolute Gasteiger partial charge is 0.458 e. The number of fused-ring (bicyclic) bond motifs is 20. The molecule has 0 amide bonds. The minimum Gasteiger partial charge on any atom is -0.458 e. The first kappa shape index (κ1) is 47.8. The van der Waals surface area contributed by atoms with E-state index in [9.17, 15) is 0 Å².